The van der Waals surface area contributed by atoms with Crippen molar-refractivity contribution in [3.63, 3.8) is 0 Å². The molecular weight excluding hydrogens is 344 g/mol. The van der Waals surface area contributed by atoms with Gasteiger partial charge in [0.1, 0.15) is 11.6 Å². The Balaban J connectivity index is 2.42. The third-order valence-electron chi connectivity index (χ3n) is 2.33. The summed E-state index contributed by atoms with van der Waals surface area (Å²) in [4.78, 5) is 3.48. The van der Waals surface area contributed by atoms with Gasteiger partial charge < -0.3 is 10.7 Å². The van der Waals surface area contributed by atoms with Gasteiger partial charge in [-0.25, -0.2) is 28.4 Å². The highest BCUT2D eigenvalue weighted by Gasteiger charge is 2.14. The van der Waals surface area contributed by atoms with Gasteiger partial charge in [0, 0.05) is 12.1 Å². The van der Waals surface area contributed by atoms with E-state index in [0.29, 0.717) is 6.07 Å². The number of hydrogen-bond donors (Lipinski definition) is 3. The Bertz CT molecular complexity index is 665. The number of nitrogen functional groups attached to an aromatic ring is 1. The van der Waals surface area contributed by atoms with Crippen molar-refractivity contribution >= 4 is 33.3 Å². The summed E-state index contributed by atoms with van der Waals surface area (Å²) in [6.45, 7) is 0. The molecule has 20 heavy (non-hydrogen) atoms. The molecule has 2 aromatic rings. The number of halogens is 5. The maximum absolute atomic E-state index is 13.6. The maximum Gasteiger partial charge on any atom is 0.178 e. The molecule has 0 saturated carbocycles. The number of nitrogens with two attached hydrogens (primary N) is 1. The molecule has 0 spiro atoms. The first-order valence-electron chi connectivity index (χ1n) is 5.16. The molecule has 0 amide bonds. The van der Waals surface area contributed by atoms with Crippen molar-refractivity contribution in [3.8, 4) is 0 Å². The van der Waals surface area contributed by atoms with Crippen LogP contribution in [0.4, 0.5) is 34.9 Å². The summed E-state index contributed by atoms with van der Waals surface area (Å²) in [5, 5.41) is 2.23. The molecule has 0 unspecified atom stereocenters. The number of nitrogens with zero attached hydrogens (tertiary/aromatic N) is 1. The number of pyridine rings is 1. The van der Waals surface area contributed by atoms with Crippen LogP contribution in [0, 0.1) is 23.3 Å². The van der Waals surface area contributed by atoms with Gasteiger partial charge in [0.05, 0.1) is 10.2 Å². The highest BCUT2D eigenvalue weighted by molar-refractivity contribution is 9.10. The Morgan fingerprint density at radius 1 is 0.900 bits per heavy atom. The van der Waals surface area contributed by atoms with Crippen LogP contribution in [0.5, 0.6) is 0 Å². The molecule has 0 bridgehead atoms. The van der Waals surface area contributed by atoms with Gasteiger partial charge >= 0.3 is 0 Å². The average Bonchev–Trinajstić information content (AvgIpc) is 2.38. The molecule has 0 aliphatic heterocycles. The molecule has 0 saturated heterocycles. The van der Waals surface area contributed by atoms with Crippen LogP contribution in [0.1, 0.15) is 0 Å². The van der Waals surface area contributed by atoms with Crippen molar-refractivity contribution in [2.75, 3.05) is 10.7 Å². The van der Waals surface area contributed by atoms with Crippen molar-refractivity contribution in [1.29, 1.82) is 0 Å². The van der Waals surface area contributed by atoms with E-state index in [0.717, 1.165) is 12.1 Å². The van der Waals surface area contributed by atoms with E-state index in [1.807, 2.05) is 5.43 Å². The first-order chi connectivity index (χ1) is 9.42. The summed E-state index contributed by atoms with van der Waals surface area (Å²) in [6.07, 6.45) is 0. The highest BCUT2D eigenvalue weighted by Crippen LogP contribution is 2.27. The fourth-order valence-electron chi connectivity index (χ4n) is 1.40. The molecule has 106 valence electrons. The number of hydrogen-bond acceptors (Lipinski definition) is 4. The van der Waals surface area contributed by atoms with Crippen LogP contribution >= 0.6 is 15.9 Å². The zero-order chi connectivity index (χ0) is 14.9. The van der Waals surface area contributed by atoms with Gasteiger partial charge in [-0.3, -0.25) is 0 Å². The van der Waals surface area contributed by atoms with Gasteiger partial charge in [-0.1, -0.05) is 0 Å². The van der Waals surface area contributed by atoms with Crippen LogP contribution in [0.3, 0.4) is 0 Å². The van der Waals surface area contributed by atoms with E-state index in [-0.39, 0.29) is 10.2 Å². The zero-order valence-corrected chi connectivity index (χ0v) is 11.2. The largest absolute Gasteiger partial charge is 0.335 e. The Labute approximate surface area is 119 Å². The van der Waals surface area contributed by atoms with Gasteiger partial charge in [0.2, 0.25) is 0 Å². The van der Waals surface area contributed by atoms with Crippen molar-refractivity contribution in [2.45, 2.75) is 0 Å². The summed E-state index contributed by atoms with van der Waals surface area (Å²) < 4.78 is 53.5. The lowest BCUT2D eigenvalue weighted by Gasteiger charge is -2.10. The summed E-state index contributed by atoms with van der Waals surface area (Å²) in [7, 11) is 0. The van der Waals surface area contributed by atoms with Gasteiger partial charge in [0.15, 0.2) is 23.3 Å². The van der Waals surface area contributed by atoms with Crippen LogP contribution in [-0.2, 0) is 0 Å². The molecule has 0 radical (unpaired) electrons. The topological polar surface area (TPSA) is 63.0 Å². The minimum Gasteiger partial charge on any atom is -0.335 e. The first-order valence-corrected chi connectivity index (χ1v) is 5.96. The fourth-order valence-corrected chi connectivity index (χ4v) is 1.72. The van der Waals surface area contributed by atoms with Crippen LogP contribution in [0.25, 0.3) is 0 Å². The molecule has 0 fully saturated rings. The molecule has 1 aromatic heterocycles. The van der Waals surface area contributed by atoms with Gasteiger partial charge in [0.25, 0.3) is 0 Å². The third-order valence-corrected chi connectivity index (χ3v) is 2.94. The molecule has 0 atom stereocenters. The SMILES string of the molecule is NNc1nc(Nc2cc(F)c(Br)cc2F)c(F)cc1F. The van der Waals surface area contributed by atoms with Gasteiger partial charge in [-0.2, -0.15) is 0 Å². The van der Waals surface area contributed by atoms with E-state index in [1.54, 1.807) is 0 Å². The third kappa shape index (κ3) is 2.83. The number of nitrogens with one attached hydrogen (secondary N) is 2. The monoisotopic (exact) mass is 350 g/mol. The highest BCUT2D eigenvalue weighted by atomic mass is 79.9. The van der Waals surface area contributed by atoms with E-state index >= 15 is 0 Å². The van der Waals surface area contributed by atoms with Gasteiger partial charge in [-0.05, 0) is 22.0 Å². The zero-order valence-electron chi connectivity index (χ0n) is 9.65. The van der Waals surface area contributed by atoms with Crippen molar-refractivity contribution in [3.05, 3.63) is 45.9 Å². The fraction of sp³-hybridized carbons (Fsp3) is 0. The second kappa shape index (κ2) is 5.63. The molecule has 4 nitrogen and oxygen atoms in total. The molecule has 0 aliphatic rings. The molecule has 1 aromatic carbocycles. The predicted octanol–water partition coefficient (Wildman–Crippen LogP) is 3.43. The smallest absolute Gasteiger partial charge is 0.178 e. The van der Waals surface area contributed by atoms with E-state index < -0.39 is 34.9 Å². The summed E-state index contributed by atoms with van der Waals surface area (Å²) >= 11 is 2.80. The van der Waals surface area contributed by atoms with E-state index in [9.17, 15) is 17.6 Å². The van der Waals surface area contributed by atoms with Crippen molar-refractivity contribution in [1.82, 2.24) is 4.98 Å². The molecule has 2 rings (SSSR count). The minimum atomic E-state index is -1.08. The van der Waals surface area contributed by atoms with Crippen LogP contribution in [-0.4, -0.2) is 4.98 Å². The first kappa shape index (κ1) is 14.5. The lowest BCUT2D eigenvalue weighted by atomic mass is 10.3. The van der Waals surface area contributed by atoms with Crippen LogP contribution < -0.4 is 16.6 Å². The molecular formula is C11H7BrF4N4. The standard InChI is InChI=1S/C11H7BrF4N4/c12-4-1-6(14)9(3-5(4)13)18-10-7(15)2-8(16)11(19-10)20-17/h1-3H,17H2,(H2,18,19,20). The number of benzene rings is 1. The molecule has 0 aliphatic carbocycles. The Hall–Kier alpha value is -1.87. The molecule has 9 heteroatoms. The van der Waals surface area contributed by atoms with Crippen molar-refractivity contribution < 1.29 is 17.6 Å². The number of rotatable bonds is 3. The Kier molecular flexibility index (Phi) is 4.09. The normalized spacial score (nSPS) is 10.5. The number of anilines is 3. The van der Waals surface area contributed by atoms with Crippen LogP contribution in [0.2, 0.25) is 0 Å². The van der Waals surface area contributed by atoms with E-state index in [4.69, 9.17) is 5.84 Å². The second-order valence-corrected chi connectivity index (χ2v) is 4.52. The maximum atomic E-state index is 13.6. The van der Waals surface area contributed by atoms with Crippen molar-refractivity contribution in [2.24, 2.45) is 5.84 Å². The lowest BCUT2D eigenvalue weighted by Crippen LogP contribution is -2.12. The Morgan fingerprint density at radius 2 is 1.55 bits per heavy atom. The lowest BCUT2D eigenvalue weighted by molar-refractivity contribution is 0.578. The molecule has 1 heterocycles. The predicted molar refractivity (Wildman–Crippen MR) is 69.3 cm³/mol. The summed E-state index contributed by atoms with van der Waals surface area (Å²) in [5.41, 5.74) is 1.56. The quantitative estimate of drug-likeness (QED) is 0.343. The number of hydrazine groups is 1. The minimum absolute atomic E-state index is 0.0857. The second-order valence-electron chi connectivity index (χ2n) is 3.66. The van der Waals surface area contributed by atoms with E-state index in [1.165, 1.54) is 0 Å². The average molecular weight is 351 g/mol. The summed E-state index contributed by atoms with van der Waals surface area (Å²) in [5.74, 6) is 0.363. The summed E-state index contributed by atoms with van der Waals surface area (Å²) in [6, 6.07) is 2.18. The Morgan fingerprint density at radius 3 is 2.20 bits per heavy atom. The number of aromatic nitrogens is 1. The van der Waals surface area contributed by atoms with E-state index in [2.05, 4.69) is 26.2 Å². The van der Waals surface area contributed by atoms with Gasteiger partial charge in [-0.15, -0.1) is 0 Å². The van der Waals surface area contributed by atoms with Crippen LogP contribution in [0.15, 0.2) is 22.7 Å². The molecule has 4 N–H and O–H groups in total.